The Labute approximate surface area is 143 Å². The van der Waals surface area contributed by atoms with Crippen molar-refractivity contribution in [3.05, 3.63) is 24.3 Å². The van der Waals surface area contributed by atoms with Crippen LogP contribution in [0.3, 0.4) is 0 Å². The molecule has 1 N–H and O–H groups in total. The number of anilines is 1. The molecule has 0 unspecified atom stereocenters. The highest BCUT2D eigenvalue weighted by Gasteiger charge is 2.96. The molecule has 2 rings (SSSR count). The van der Waals surface area contributed by atoms with Gasteiger partial charge in [-0.05, 0) is 24.5 Å². The molecule has 1 saturated heterocycles. The summed E-state index contributed by atoms with van der Waals surface area (Å²) in [6, 6.07) is 4.77. The molecule has 1 heterocycles. The Balaban J connectivity index is 2.40. The number of nitrogens with one attached hydrogen (secondary N) is 1. The fourth-order valence-corrected chi connectivity index (χ4v) is 2.47. The molecule has 3 nitrogen and oxygen atoms in total. The molecule has 1 aliphatic heterocycles. The third-order valence-corrected chi connectivity index (χ3v) is 4.17. The number of ether oxygens (including phenoxy) is 1. The SMILES string of the molecule is CSc1cccc(NC(=O)C(F)(F)[C@@]2(F)OC(F)(F)C(F)(F)C2(F)F)c1. The van der Waals surface area contributed by atoms with E-state index in [2.05, 4.69) is 4.74 Å². The smallest absolute Gasteiger partial charge is 0.321 e. The van der Waals surface area contributed by atoms with Gasteiger partial charge in [-0.15, -0.1) is 11.8 Å². The van der Waals surface area contributed by atoms with Crippen molar-refractivity contribution in [1.29, 1.82) is 0 Å². The summed E-state index contributed by atoms with van der Waals surface area (Å²) in [5, 5.41) is 1.31. The highest BCUT2D eigenvalue weighted by Crippen LogP contribution is 2.64. The number of hydrogen-bond donors (Lipinski definition) is 1. The molecule has 146 valence electrons. The monoisotopic (exact) mass is 413 g/mol. The van der Waals surface area contributed by atoms with E-state index >= 15 is 0 Å². The van der Waals surface area contributed by atoms with Crippen molar-refractivity contribution in [2.24, 2.45) is 0 Å². The summed E-state index contributed by atoms with van der Waals surface area (Å²) in [6.45, 7) is 0. The van der Waals surface area contributed by atoms with Gasteiger partial charge in [0, 0.05) is 10.6 Å². The van der Waals surface area contributed by atoms with Crippen molar-refractivity contribution in [2.45, 2.75) is 34.6 Å². The zero-order chi connectivity index (χ0) is 20.2. The van der Waals surface area contributed by atoms with Crippen molar-refractivity contribution in [3.63, 3.8) is 0 Å². The quantitative estimate of drug-likeness (QED) is 0.582. The summed E-state index contributed by atoms with van der Waals surface area (Å²) in [7, 11) is 0. The molecule has 13 heteroatoms. The highest BCUT2D eigenvalue weighted by atomic mass is 32.2. The van der Waals surface area contributed by atoms with Gasteiger partial charge in [0.2, 0.25) is 0 Å². The van der Waals surface area contributed by atoms with Crippen molar-refractivity contribution < 1.29 is 49.0 Å². The lowest BCUT2D eigenvalue weighted by molar-refractivity contribution is -0.366. The van der Waals surface area contributed by atoms with Crippen molar-refractivity contribution in [2.75, 3.05) is 11.6 Å². The molecule has 1 aromatic rings. The summed E-state index contributed by atoms with van der Waals surface area (Å²) >= 11 is 1.09. The van der Waals surface area contributed by atoms with Crippen LogP contribution in [0.15, 0.2) is 29.2 Å². The van der Waals surface area contributed by atoms with Gasteiger partial charge in [-0.2, -0.15) is 39.5 Å². The van der Waals surface area contributed by atoms with Crippen LogP contribution in [0.5, 0.6) is 0 Å². The Morgan fingerprint density at radius 1 is 1.08 bits per heavy atom. The van der Waals surface area contributed by atoms with Crippen molar-refractivity contribution in [1.82, 2.24) is 0 Å². The highest BCUT2D eigenvalue weighted by molar-refractivity contribution is 7.98. The summed E-state index contributed by atoms with van der Waals surface area (Å²) < 4.78 is 123. The minimum atomic E-state index is -6.70. The largest absolute Gasteiger partial charge is 0.428 e. The number of halogens is 9. The topological polar surface area (TPSA) is 38.3 Å². The maximum absolute atomic E-state index is 14.0. The molecule has 0 aliphatic carbocycles. The molecular weight excluding hydrogens is 405 g/mol. The Bertz CT molecular complexity index is 727. The van der Waals surface area contributed by atoms with E-state index in [1.165, 1.54) is 17.4 Å². The first kappa shape index (κ1) is 20.7. The zero-order valence-corrected chi connectivity index (χ0v) is 13.3. The fourth-order valence-electron chi connectivity index (χ4n) is 2.01. The van der Waals surface area contributed by atoms with Gasteiger partial charge in [-0.25, -0.2) is 0 Å². The van der Waals surface area contributed by atoms with E-state index in [0.717, 1.165) is 23.9 Å². The number of thioether (sulfide) groups is 1. The Morgan fingerprint density at radius 3 is 2.12 bits per heavy atom. The molecule has 1 aliphatic rings. The molecule has 1 amide bonds. The van der Waals surface area contributed by atoms with Crippen molar-refractivity contribution in [3.8, 4) is 0 Å². The van der Waals surface area contributed by atoms with Gasteiger partial charge in [-0.1, -0.05) is 6.07 Å². The second-order valence-corrected chi connectivity index (χ2v) is 6.00. The zero-order valence-electron chi connectivity index (χ0n) is 12.4. The molecule has 1 aromatic carbocycles. The second-order valence-electron chi connectivity index (χ2n) is 5.12. The lowest BCUT2D eigenvalue weighted by atomic mass is 9.99. The Morgan fingerprint density at radius 2 is 1.65 bits per heavy atom. The summed E-state index contributed by atoms with van der Waals surface area (Å²) in [5.74, 6) is -28.6. The van der Waals surface area contributed by atoms with E-state index in [9.17, 15) is 44.3 Å². The molecule has 0 bridgehead atoms. The third kappa shape index (κ3) is 2.63. The summed E-state index contributed by atoms with van der Waals surface area (Å²) in [6.07, 6.45) is -4.71. The Kier molecular flexibility index (Phi) is 4.72. The van der Waals surface area contributed by atoms with Crippen LogP contribution >= 0.6 is 11.8 Å². The number of hydrogen-bond acceptors (Lipinski definition) is 3. The van der Waals surface area contributed by atoms with E-state index in [1.54, 1.807) is 6.26 Å². The Hall–Kier alpha value is -1.63. The van der Waals surface area contributed by atoms with E-state index in [-0.39, 0.29) is 0 Å². The van der Waals surface area contributed by atoms with Crippen LogP contribution in [0.25, 0.3) is 0 Å². The average Bonchev–Trinajstić information content (AvgIpc) is 2.62. The summed E-state index contributed by atoms with van der Waals surface area (Å²) in [5.41, 5.74) is -0.440. The molecule has 0 spiro atoms. The minimum absolute atomic E-state index is 0.404. The second kappa shape index (κ2) is 5.94. The number of amides is 1. The first-order valence-electron chi connectivity index (χ1n) is 6.50. The van der Waals surface area contributed by atoms with Gasteiger partial charge < -0.3 is 5.32 Å². The average molecular weight is 413 g/mol. The van der Waals surface area contributed by atoms with E-state index in [0.29, 0.717) is 4.90 Å². The van der Waals surface area contributed by atoms with Crippen LogP contribution < -0.4 is 5.32 Å². The number of rotatable bonds is 4. The molecular formula is C13H8F9NO2S. The van der Waals surface area contributed by atoms with E-state index in [1.807, 2.05) is 0 Å². The third-order valence-electron chi connectivity index (χ3n) is 3.45. The predicted octanol–water partition coefficient (Wildman–Crippen LogP) is 4.54. The number of alkyl halides is 9. The van der Waals surface area contributed by atoms with Gasteiger partial charge in [0.1, 0.15) is 0 Å². The van der Waals surface area contributed by atoms with Crippen LogP contribution in [0.1, 0.15) is 0 Å². The molecule has 0 saturated carbocycles. The van der Waals surface area contributed by atoms with Gasteiger partial charge in [0.15, 0.2) is 0 Å². The first-order valence-corrected chi connectivity index (χ1v) is 7.72. The standard InChI is InChI=1S/C13H8F9NO2S/c1-26-7-4-2-3-6(5-7)23-8(24)9(14,15)12(20)10(16,17)11(18,19)13(21,22)25-12/h2-5H,1H3,(H,23,24)/t12-/m1/s1. The maximum Gasteiger partial charge on any atom is 0.428 e. The van der Waals surface area contributed by atoms with Gasteiger partial charge >= 0.3 is 35.6 Å². The lowest BCUT2D eigenvalue weighted by Crippen LogP contribution is -2.63. The normalized spacial score (nSPS) is 26.5. The minimum Gasteiger partial charge on any atom is -0.321 e. The maximum atomic E-state index is 14.0. The molecule has 26 heavy (non-hydrogen) atoms. The fraction of sp³-hybridized carbons (Fsp3) is 0.462. The van der Waals surface area contributed by atoms with Crippen LogP contribution in [0.4, 0.5) is 45.2 Å². The molecule has 1 atom stereocenters. The summed E-state index contributed by atoms with van der Waals surface area (Å²) in [4.78, 5) is 11.9. The van der Waals surface area contributed by atoms with Crippen molar-refractivity contribution >= 4 is 23.4 Å². The lowest BCUT2D eigenvalue weighted by Gasteiger charge is -2.31. The van der Waals surface area contributed by atoms with Gasteiger partial charge in [0.05, 0.1) is 0 Å². The molecule has 0 radical (unpaired) electrons. The predicted molar refractivity (Wildman–Crippen MR) is 71.6 cm³/mol. The van der Waals surface area contributed by atoms with Crippen LogP contribution in [-0.4, -0.2) is 41.9 Å². The number of carbonyl (C=O) groups excluding carboxylic acids is 1. The van der Waals surface area contributed by atoms with Crippen LogP contribution in [-0.2, 0) is 9.53 Å². The first-order chi connectivity index (χ1) is 11.6. The van der Waals surface area contributed by atoms with Crippen LogP contribution in [0, 0.1) is 0 Å². The van der Waals surface area contributed by atoms with E-state index < -0.39 is 41.3 Å². The number of carbonyl (C=O) groups is 1. The molecule has 1 fully saturated rings. The molecule has 0 aromatic heterocycles. The van der Waals surface area contributed by atoms with E-state index in [4.69, 9.17) is 0 Å². The van der Waals surface area contributed by atoms with Crippen LogP contribution in [0.2, 0.25) is 0 Å². The van der Waals surface area contributed by atoms with Gasteiger partial charge in [-0.3, -0.25) is 9.53 Å². The number of benzene rings is 1. The van der Waals surface area contributed by atoms with Gasteiger partial charge in [0.25, 0.3) is 0 Å².